The molecule has 3 aromatic heterocycles. The van der Waals surface area contributed by atoms with Gasteiger partial charge in [-0.3, -0.25) is 19.2 Å². The Balaban J connectivity index is 0.894. The van der Waals surface area contributed by atoms with Crippen LogP contribution in [0.1, 0.15) is 103 Å². The Morgan fingerprint density at radius 1 is 0.984 bits per heavy atom. The average molecular weight is 893 g/mol. The van der Waals surface area contributed by atoms with Crippen LogP contribution in [0.3, 0.4) is 0 Å². The van der Waals surface area contributed by atoms with Crippen molar-refractivity contribution in [2.24, 2.45) is 11.3 Å². The number of aromatic nitrogens is 3. The maximum Gasteiger partial charge on any atom is 0.246 e. The summed E-state index contributed by atoms with van der Waals surface area (Å²) in [5.74, 6) is 1.08. The number of oxazole rings is 1. The van der Waals surface area contributed by atoms with E-state index < -0.39 is 23.6 Å². The SMILES string of the molecule is Cc1ncsc1-c1ccc(CNC(=O)[C@H]2C[C@@H](O)CN2C(=O)[C@H](NC(=O)CCCCN2CCC(C(=O)Nc3ncc(SCc4ncc(C(C)(C)C)o4)s3)CC2)C(C)(C)C)cc1. The molecule has 14 nitrogen and oxygen atoms in total. The quantitative estimate of drug-likeness (QED) is 0.0687. The topological polar surface area (TPSA) is 183 Å². The fraction of sp³-hybridized carbons (Fsp3) is 0.568. The first-order valence-corrected chi connectivity index (χ1v) is 23.7. The first kappa shape index (κ1) is 46.3. The zero-order valence-electron chi connectivity index (χ0n) is 36.3. The molecule has 2 aliphatic rings. The molecule has 0 unspecified atom stereocenters. The maximum atomic E-state index is 14.0. The van der Waals surface area contributed by atoms with Gasteiger partial charge in [0.15, 0.2) is 5.13 Å². The van der Waals surface area contributed by atoms with Crippen LogP contribution in [0.2, 0.25) is 0 Å². The normalized spacial score (nSPS) is 18.3. The Bertz CT molecular complexity index is 2110. The maximum absolute atomic E-state index is 14.0. The van der Waals surface area contributed by atoms with Gasteiger partial charge in [-0.1, -0.05) is 77.1 Å². The minimum absolute atomic E-state index is 0.00719. The molecular formula is C44H60N8O6S3. The van der Waals surface area contributed by atoms with E-state index in [1.165, 1.54) is 16.2 Å². The Kier molecular flexibility index (Phi) is 15.5. The molecule has 3 atom stereocenters. The third-order valence-corrected chi connectivity index (χ3v) is 14.2. The lowest BCUT2D eigenvalue weighted by Gasteiger charge is -2.35. The summed E-state index contributed by atoms with van der Waals surface area (Å²) < 4.78 is 6.86. The van der Waals surface area contributed by atoms with Crippen LogP contribution in [0.25, 0.3) is 10.4 Å². The summed E-state index contributed by atoms with van der Waals surface area (Å²) >= 11 is 4.61. The van der Waals surface area contributed by atoms with Gasteiger partial charge in [0.05, 0.1) is 44.5 Å². The Morgan fingerprint density at radius 2 is 1.72 bits per heavy atom. The van der Waals surface area contributed by atoms with Crippen LogP contribution in [0.5, 0.6) is 0 Å². The zero-order valence-corrected chi connectivity index (χ0v) is 38.7. The van der Waals surface area contributed by atoms with Crippen LogP contribution in [0, 0.1) is 18.3 Å². The molecular weight excluding hydrogens is 833 g/mol. The lowest BCUT2D eigenvalue weighted by molar-refractivity contribution is -0.144. The molecule has 17 heteroatoms. The lowest BCUT2D eigenvalue weighted by atomic mass is 9.85. The molecule has 0 bridgehead atoms. The summed E-state index contributed by atoms with van der Waals surface area (Å²) in [4.78, 5) is 71.8. The van der Waals surface area contributed by atoms with Crippen molar-refractivity contribution in [1.82, 2.24) is 35.4 Å². The van der Waals surface area contributed by atoms with Crippen molar-refractivity contribution in [1.29, 1.82) is 0 Å². The number of aliphatic hydroxyl groups excluding tert-OH is 1. The first-order chi connectivity index (χ1) is 28.9. The van der Waals surface area contributed by atoms with Crippen LogP contribution in [-0.2, 0) is 36.9 Å². The predicted molar refractivity (Wildman–Crippen MR) is 240 cm³/mol. The number of amides is 4. The molecule has 6 rings (SSSR count). The summed E-state index contributed by atoms with van der Waals surface area (Å²) in [6, 6.07) is 6.21. The minimum atomic E-state index is -0.871. The van der Waals surface area contributed by atoms with Crippen LogP contribution in [0.4, 0.5) is 5.13 Å². The van der Waals surface area contributed by atoms with Gasteiger partial charge in [0.1, 0.15) is 17.8 Å². The number of hydrogen-bond donors (Lipinski definition) is 4. The molecule has 5 heterocycles. The van der Waals surface area contributed by atoms with E-state index in [9.17, 15) is 24.3 Å². The van der Waals surface area contributed by atoms with E-state index in [1.54, 1.807) is 35.5 Å². The number of piperidine rings is 1. The Morgan fingerprint density at radius 3 is 2.38 bits per heavy atom. The van der Waals surface area contributed by atoms with Crippen molar-refractivity contribution in [2.45, 2.75) is 127 Å². The molecule has 0 aliphatic carbocycles. The molecule has 61 heavy (non-hydrogen) atoms. The van der Waals surface area contributed by atoms with Crippen molar-refractivity contribution in [3.8, 4) is 10.4 Å². The molecule has 2 fully saturated rings. The van der Waals surface area contributed by atoms with E-state index in [0.29, 0.717) is 23.2 Å². The van der Waals surface area contributed by atoms with Gasteiger partial charge < -0.3 is 35.3 Å². The number of benzene rings is 1. The molecule has 1 aromatic carbocycles. The van der Waals surface area contributed by atoms with Gasteiger partial charge in [-0.05, 0) is 68.8 Å². The number of carbonyl (C=O) groups excluding carboxylic acids is 4. The van der Waals surface area contributed by atoms with E-state index in [0.717, 1.165) is 70.6 Å². The number of anilines is 1. The second-order valence-electron chi connectivity index (χ2n) is 18.1. The van der Waals surface area contributed by atoms with E-state index in [-0.39, 0.29) is 60.9 Å². The summed E-state index contributed by atoms with van der Waals surface area (Å²) in [5.41, 5.74) is 4.04. The fourth-order valence-corrected chi connectivity index (χ4v) is 10.0. The van der Waals surface area contributed by atoms with Crippen LogP contribution in [-0.4, -0.2) is 97.9 Å². The highest BCUT2D eigenvalue weighted by atomic mass is 32.2. The monoisotopic (exact) mass is 892 g/mol. The standard InChI is InChI=1S/C44H60N8O6S3/c1-27-37(60-26-48-27)29-13-11-28(12-14-29)21-46-40(56)32-20-31(53)24-52(32)41(57)38(44(5,6)7)49-34(54)10-8-9-17-51-18-15-30(16-19-51)39(55)50-42-47-23-36(61-42)59-25-35-45-22-33(58-35)43(2,3)4/h11-14,22-23,26,30-32,38,53H,8-10,15-21,24-25H2,1-7H3,(H,46,56)(H,49,54)(H,47,50,55)/t31-,32-,38+/m1/s1. The van der Waals surface area contributed by atoms with Crippen LogP contribution >= 0.6 is 34.4 Å². The van der Waals surface area contributed by atoms with Crippen molar-refractivity contribution < 1.29 is 28.7 Å². The number of aryl methyl sites for hydroxylation is 1. The van der Waals surface area contributed by atoms with Gasteiger partial charge in [-0.15, -0.1) is 23.1 Å². The zero-order chi connectivity index (χ0) is 43.9. The lowest BCUT2D eigenvalue weighted by Crippen LogP contribution is -2.57. The average Bonchev–Trinajstić information content (AvgIpc) is 4.04. The van der Waals surface area contributed by atoms with Gasteiger partial charge >= 0.3 is 0 Å². The van der Waals surface area contributed by atoms with E-state index >= 15 is 0 Å². The highest BCUT2D eigenvalue weighted by Gasteiger charge is 2.44. The van der Waals surface area contributed by atoms with Gasteiger partial charge in [0, 0.05) is 37.3 Å². The number of hydrogen-bond acceptors (Lipinski definition) is 13. The van der Waals surface area contributed by atoms with Crippen LogP contribution in [0.15, 0.2) is 50.8 Å². The van der Waals surface area contributed by atoms with Gasteiger partial charge in [0.25, 0.3) is 0 Å². The van der Waals surface area contributed by atoms with Gasteiger partial charge in [-0.2, -0.15) is 0 Å². The number of nitrogens with one attached hydrogen (secondary N) is 3. The highest BCUT2D eigenvalue weighted by molar-refractivity contribution is 8.00. The number of thioether (sulfide) groups is 1. The van der Waals surface area contributed by atoms with E-state index in [4.69, 9.17) is 4.42 Å². The smallest absolute Gasteiger partial charge is 0.246 e. The van der Waals surface area contributed by atoms with Crippen molar-refractivity contribution in [3.05, 3.63) is 65.1 Å². The molecule has 2 saturated heterocycles. The third-order valence-electron chi connectivity index (χ3n) is 11.1. The highest BCUT2D eigenvalue weighted by Crippen LogP contribution is 2.33. The number of aliphatic hydroxyl groups is 1. The predicted octanol–water partition coefficient (Wildman–Crippen LogP) is 6.78. The molecule has 4 N–H and O–H groups in total. The fourth-order valence-electron chi connectivity index (χ4n) is 7.50. The number of likely N-dealkylation sites (tertiary alicyclic amines) is 2. The second-order valence-corrected chi connectivity index (χ2v) is 21.3. The first-order valence-electron chi connectivity index (χ1n) is 21.1. The summed E-state index contributed by atoms with van der Waals surface area (Å²) in [7, 11) is 0. The van der Waals surface area contributed by atoms with E-state index in [1.807, 2.05) is 57.5 Å². The molecule has 330 valence electrons. The number of carbonyl (C=O) groups is 4. The van der Waals surface area contributed by atoms with Gasteiger partial charge in [0.2, 0.25) is 29.5 Å². The minimum Gasteiger partial charge on any atom is -0.444 e. The van der Waals surface area contributed by atoms with Crippen molar-refractivity contribution in [3.63, 3.8) is 0 Å². The largest absolute Gasteiger partial charge is 0.444 e. The molecule has 2 aliphatic heterocycles. The van der Waals surface area contributed by atoms with E-state index in [2.05, 4.69) is 56.6 Å². The molecule has 0 radical (unpaired) electrons. The Hall–Kier alpha value is -4.16. The number of unbranched alkanes of at least 4 members (excludes halogenated alkanes) is 1. The van der Waals surface area contributed by atoms with Crippen LogP contribution < -0.4 is 16.0 Å². The number of nitrogens with zero attached hydrogens (tertiary/aromatic N) is 5. The number of rotatable bonds is 16. The second kappa shape index (κ2) is 20.4. The van der Waals surface area contributed by atoms with Gasteiger partial charge in [-0.25, -0.2) is 15.0 Å². The Labute approximate surface area is 371 Å². The van der Waals surface area contributed by atoms with Crippen molar-refractivity contribution >= 4 is 63.2 Å². The molecule has 4 amide bonds. The summed E-state index contributed by atoms with van der Waals surface area (Å²) in [5, 5.41) is 20.1. The number of thiazole rings is 2. The molecule has 0 spiro atoms. The number of β-amino-alcohol motifs (C(OH)–C–C–N with tert-alkyl or cyclic N) is 1. The third kappa shape index (κ3) is 12.7. The van der Waals surface area contributed by atoms with Crippen molar-refractivity contribution in [2.75, 3.05) is 31.5 Å². The molecule has 4 aromatic rings. The summed E-state index contributed by atoms with van der Waals surface area (Å²) in [6.07, 6.45) is 6.05. The molecule has 0 saturated carbocycles. The summed E-state index contributed by atoms with van der Waals surface area (Å²) in [6.45, 7) is 16.6.